The fourth-order valence-electron chi connectivity index (χ4n) is 2.76. The summed E-state index contributed by atoms with van der Waals surface area (Å²) in [6, 6.07) is 20.1. The van der Waals surface area contributed by atoms with Crippen molar-refractivity contribution in [1.82, 2.24) is 0 Å². The van der Waals surface area contributed by atoms with Gasteiger partial charge in [-0.05, 0) is 36.8 Å². The third-order valence-electron chi connectivity index (χ3n) is 4.69. The first-order valence-electron chi connectivity index (χ1n) is 8.98. The lowest BCUT2D eigenvalue weighted by Gasteiger charge is -2.32. The van der Waals surface area contributed by atoms with Crippen LogP contribution in [-0.4, -0.2) is 22.1 Å². The van der Waals surface area contributed by atoms with Crippen molar-refractivity contribution in [3.8, 4) is 0 Å². The summed E-state index contributed by atoms with van der Waals surface area (Å²) in [4.78, 5) is 24.0. The quantitative estimate of drug-likeness (QED) is 0.375. The van der Waals surface area contributed by atoms with Gasteiger partial charge < -0.3 is 9.59 Å². The second kappa shape index (κ2) is 9.98. The van der Waals surface area contributed by atoms with Crippen LogP contribution in [0.25, 0.3) is 0 Å². The zero-order valence-corrected chi connectivity index (χ0v) is 17.0. The molecule has 2 aromatic carbocycles. The highest BCUT2D eigenvalue weighted by molar-refractivity contribution is 8.78. The highest BCUT2D eigenvalue weighted by Crippen LogP contribution is 2.48. The van der Waals surface area contributed by atoms with E-state index >= 15 is 0 Å². The van der Waals surface area contributed by atoms with Gasteiger partial charge in [-0.15, -0.1) is 0 Å². The molecule has 2 aromatic rings. The Kier molecular flexibility index (Phi) is 7.98. The summed E-state index contributed by atoms with van der Waals surface area (Å²) in [5.74, 6) is 0. The molecule has 0 N–H and O–H groups in total. The molecule has 0 saturated heterocycles. The lowest BCUT2D eigenvalue weighted by Crippen LogP contribution is -2.32. The second-order valence-electron chi connectivity index (χ2n) is 6.56. The smallest absolute Gasteiger partial charge is 0.137 e. The number of carbonyl (C=O) groups excluding carboxylic acids is 2. The van der Waals surface area contributed by atoms with Crippen LogP contribution in [0.5, 0.6) is 0 Å². The van der Waals surface area contributed by atoms with Crippen LogP contribution < -0.4 is 0 Å². The maximum Gasteiger partial charge on any atom is 0.137 e. The van der Waals surface area contributed by atoms with Gasteiger partial charge in [0, 0.05) is 0 Å². The van der Waals surface area contributed by atoms with Crippen molar-refractivity contribution in [2.45, 2.75) is 49.0 Å². The van der Waals surface area contributed by atoms with Crippen LogP contribution in [-0.2, 0) is 22.4 Å². The molecule has 26 heavy (non-hydrogen) atoms. The Morgan fingerprint density at radius 3 is 1.31 bits per heavy atom. The molecular formula is C22H26O2S2. The standard InChI is InChI=1S/C22H26O2S2/c1-3-21(17-23,15-19-11-7-5-8-12-19)25-26-22(4-2,18-24)16-20-13-9-6-10-14-20/h5-14,17-18H,3-4,15-16H2,1-2H3. The highest BCUT2D eigenvalue weighted by atomic mass is 33.1. The van der Waals surface area contributed by atoms with Crippen molar-refractivity contribution < 1.29 is 9.59 Å². The molecular weight excluding hydrogens is 360 g/mol. The normalized spacial score (nSPS) is 15.6. The number of aldehydes is 2. The average molecular weight is 387 g/mol. The molecule has 0 aliphatic heterocycles. The molecule has 0 aromatic heterocycles. The summed E-state index contributed by atoms with van der Waals surface area (Å²) in [6.07, 6.45) is 4.93. The van der Waals surface area contributed by atoms with Crippen LogP contribution in [0.4, 0.5) is 0 Å². The molecule has 0 saturated carbocycles. The largest absolute Gasteiger partial charge is 0.302 e. The molecule has 0 spiro atoms. The van der Waals surface area contributed by atoms with Gasteiger partial charge in [-0.2, -0.15) is 0 Å². The Morgan fingerprint density at radius 2 is 1.04 bits per heavy atom. The first-order chi connectivity index (χ1) is 12.6. The van der Waals surface area contributed by atoms with Crippen LogP contribution in [0.1, 0.15) is 37.8 Å². The minimum Gasteiger partial charge on any atom is -0.302 e. The van der Waals surface area contributed by atoms with Crippen molar-refractivity contribution in [2.75, 3.05) is 0 Å². The van der Waals surface area contributed by atoms with Gasteiger partial charge in [0.1, 0.15) is 12.6 Å². The molecule has 4 heteroatoms. The zero-order valence-electron chi connectivity index (χ0n) is 15.4. The van der Waals surface area contributed by atoms with Gasteiger partial charge in [-0.25, -0.2) is 0 Å². The summed E-state index contributed by atoms with van der Waals surface area (Å²) in [7, 11) is 3.11. The number of hydrogen-bond donors (Lipinski definition) is 0. The van der Waals surface area contributed by atoms with Gasteiger partial charge in [0.2, 0.25) is 0 Å². The molecule has 2 unspecified atom stereocenters. The van der Waals surface area contributed by atoms with Gasteiger partial charge in [0.05, 0.1) is 9.49 Å². The van der Waals surface area contributed by atoms with Crippen LogP contribution in [0, 0.1) is 0 Å². The fraction of sp³-hybridized carbons (Fsp3) is 0.364. The summed E-state index contributed by atoms with van der Waals surface area (Å²) in [5.41, 5.74) is 2.29. The van der Waals surface area contributed by atoms with Gasteiger partial charge in [0.15, 0.2) is 0 Å². The molecule has 0 fully saturated rings. The van der Waals surface area contributed by atoms with E-state index in [4.69, 9.17) is 0 Å². The van der Waals surface area contributed by atoms with E-state index in [1.165, 1.54) is 0 Å². The first-order valence-corrected chi connectivity index (χ1v) is 11.1. The minimum absolute atomic E-state index is 0.522. The summed E-state index contributed by atoms with van der Waals surface area (Å²) in [6.45, 7) is 4.08. The van der Waals surface area contributed by atoms with Gasteiger partial charge in [-0.1, -0.05) is 96.1 Å². The minimum atomic E-state index is -0.522. The van der Waals surface area contributed by atoms with Crippen molar-refractivity contribution in [1.29, 1.82) is 0 Å². The Balaban J connectivity index is 2.15. The van der Waals surface area contributed by atoms with Crippen molar-refractivity contribution in [3.05, 3.63) is 71.8 Å². The van der Waals surface area contributed by atoms with Crippen molar-refractivity contribution in [2.24, 2.45) is 0 Å². The molecule has 0 aliphatic rings. The number of carbonyl (C=O) groups is 2. The van der Waals surface area contributed by atoms with Crippen LogP contribution in [0.15, 0.2) is 60.7 Å². The molecule has 0 radical (unpaired) electrons. The molecule has 2 nitrogen and oxygen atoms in total. The Labute approximate surface area is 164 Å². The van der Waals surface area contributed by atoms with E-state index in [-0.39, 0.29) is 0 Å². The van der Waals surface area contributed by atoms with Crippen LogP contribution >= 0.6 is 21.6 Å². The lowest BCUT2D eigenvalue weighted by molar-refractivity contribution is -0.110. The number of rotatable bonds is 11. The number of benzene rings is 2. The monoisotopic (exact) mass is 386 g/mol. The van der Waals surface area contributed by atoms with E-state index in [0.29, 0.717) is 12.8 Å². The second-order valence-corrected chi connectivity index (χ2v) is 9.52. The topological polar surface area (TPSA) is 34.1 Å². The van der Waals surface area contributed by atoms with E-state index in [1.807, 2.05) is 50.2 Å². The van der Waals surface area contributed by atoms with Crippen LogP contribution in [0.3, 0.4) is 0 Å². The maximum atomic E-state index is 12.0. The molecule has 138 valence electrons. The predicted octanol–water partition coefficient (Wildman–Crippen LogP) is 5.55. The highest BCUT2D eigenvalue weighted by Gasteiger charge is 2.36. The van der Waals surface area contributed by atoms with Crippen LogP contribution in [0.2, 0.25) is 0 Å². The van der Waals surface area contributed by atoms with Crippen molar-refractivity contribution in [3.63, 3.8) is 0 Å². The van der Waals surface area contributed by atoms with Gasteiger partial charge in [-0.3, -0.25) is 0 Å². The molecule has 0 bridgehead atoms. The third kappa shape index (κ3) is 5.49. The Morgan fingerprint density at radius 1 is 0.692 bits per heavy atom. The third-order valence-corrected chi connectivity index (χ3v) is 8.74. The van der Waals surface area contributed by atoms with E-state index in [1.54, 1.807) is 21.6 Å². The number of hydrogen-bond acceptors (Lipinski definition) is 4. The van der Waals surface area contributed by atoms with E-state index in [2.05, 4.69) is 24.3 Å². The summed E-state index contributed by atoms with van der Waals surface area (Å²) >= 11 is 0. The van der Waals surface area contributed by atoms with E-state index in [9.17, 15) is 9.59 Å². The van der Waals surface area contributed by atoms with Gasteiger partial charge in [0.25, 0.3) is 0 Å². The summed E-state index contributed by atoms with van der Waals surface area (Å²) < 4.78 is -1.04. The first kappa shape index (κ1) is 20.8. The Bertz CT molecular complexity index is 628. The lowest BCUT2D eigenvalue weighted by atomic mass is 9.97. The predicted molar refractivity (Wildman–Crippen MR) is 114 cm³/mol. The molecule has 0 amide bonds. The average Bonchev–Trinajstić information content (AvgIpc) is 2.71. The fourth-order valence-corrected chi connectivity index (χ4v) is 6.15. The van der Waals surface area contributed by atoms with Crippen molar-refractivity contribution >= 4 is 34.2 Å². The van der Waals surface area contributed by atoms with Gasteiger partial charge >= 0.3 is 0 Å². The molecule has 0 heterocycles. The molecule has 2 atom stereocenters. The molecule has 2 rings (SSSR count). The summed E-state index contributed by atoms with van der Waals surface area (Å²) in [5, 5.41) is 0. The SMILES string of the molecule is CCC(C=O)(Cc1ccccc1)SSC(C=O)(CC)Cc1ccccc1. The molecule has 0 aliphatic carbocycles. The van der Waals surface area contributed by atoms with E-state index in [0.717, 1.165) is 36.5 Å². The Hall–Kier alpha value is -1.52. The maximum absolute atomic E-state index is 12.0. The zero-order chi connectivity index (χ0) is 18.9. The van der Waals surface area contributed by atoms with E-state index < -0.39 is 9.49 Å².